The van der Waals surface area contributed by atoms with Crippen molar-refractivity contribution in [3.8, 4) is 0 Å². The number of nitrogens with one attached hydrogen (secondary N) is 1. The Morgan fingerprint density at radius 1 is 1.10 bits per heavy atom. The number of rotatable bonds is 5. The summed E-state index contributed by atoms with van der Waals surface area (Å²) in [6, 6.07) is 10.9. The van der Waals surface area contributed by atoms with Crippen LogP contribution in [0.15, 0.2) is 48.7 Å². The Morgan fingerprint density at radius 2 is 1.81 bits per heavy atom. The summed E-state index contributed by atoms with van der Waals surface area (Å²) in [5.41, 5.74) is 0.607. The highest BCUT2D eigenvalue weighted by Gasteiger charge is 2.33. The number of halogens is 3. The van der Waals surface area contributed by atoms with Crippen LogP contribution in [0.5, 0.6) is 0 Å². The van der Waals surface area contributed by atoms with E-state index in [4.69, 9.17) is 0 Å². The van der Waals surface area contributed by atoms with E-state index in [1.807, 2.05) is 18.2 Å². The first-order valence-corrected chi connectivity index (χ1v) is 6.78. The summed E-state index contributed by atoms with van der Waals surface area (Å²) in [7, 11) is 0. The lowest BCUT2D eigenvalue weighted by atomic mass is 10.0. The second kappa shape index (κ2) is 6.72. The van der Waals surface area contributed by atoms with E-state index in [1.165, 1.54) is 12.1 Å². The minimum Gasteiger partial charge on any atom is -0.310 e. The molecule has 0 aliphatic heterocycles. The molecule has 0 fully saturated rings. The lowest BCUT2D eigenvalue weighted by Gasteiger charge is -2.19. The smallest absolute Gasteiger partial charge is 0.310 e. The quantitative estimate of drug-likeness (QED) is 0.901. The zero-order chi connectivity index (χ0) is 15.3. The molecule has 0 saturated carbocycles. The van der Waals surface area contributed by atoms with E-state index in [1.54, 1.807) is 19.2 Å². The summed E-state index contributed by atoms with van der Waals surface area (Å²) in [6.07, 6.45) is -1.94. The molecule has 5 heteroatoms. The zero-order valence-electron chi connectivity index (χ0n) is 11.7. The number of hydrogen-bond acceptors (Lipinski definition) is 2. The Balaban J connectivity index is 1.99. The molecule has 0 amide bonds. The number of pyridine rings is 1. The summed E-state index contributed by atoms with van der Waals surface area (Å²) in [4.78, 5) is 4.19. The van der Waals surface area contributed by atoms with Gasteiger partial charge in [-0.2, -0.15) is 13.2 Å². The van der Waals surface area contributed by atoms with Gasteiger partial charge in [0, 0.05) is 30.9 Å². The van der Waals surface area contributed by atoms with Gasteiger partial charge in [-0.15, -0.1) is 0 Å². The third-order valence-corrected chi connectivity index (χ3v) is 3.29. The molecule has 2 nitrogen and oxygen atoms in total. The number of benzene rings is 1. The summed E-state index contributed by atoms with van der Waals surface area (Å²) < 4.78 is 38.9. The van der Waals surface area contributed by atoms with Crippen LogP contribution in [-0.4, -0.2) is 11.5 Å². The molecular weight excluding hydrogens is 277 g/mol. The second-order valence-corrected chi connectivity index (χ2v) is 4.83. The molecule has 1 unspecified atom stereocenters. The van der Waals surface area contributed by atoms with Crippen molar-refractivity contribution in [3.63, 3.8) is 0 Å². The summed E-state index contributed by atoms with van der Waals surface area (Å²) in [6.45, 7) is 2.31. The molecule has 21 heavy (non-hydrogen) atoms. The summed E-state index contributed by atoms with van der Waals surface area (Å²) in [5, 5.41) is 3.12. The standard InChI is InChI=1S/C16H17F3N2/c1-12(20-11-9-13-6-4-5-10-21-13)14-7-2-3-8-15(14)16(17,18)19/h2-8,10,12,20H,9,11H2,1H3. The van der Waals surface area contributed by atoms with Gasteiger partial charge in [0.1, 0.15) is 0 Å². The Morgan fingerprint density at radius 3 is 2.48 bits per heavy atom. The van der Waals surface area contributed by atoms with Gasteiger partial charge in [-0.1, -0.05) is 24.3 Å². The van der Waals surface area contributed by atoms with Gasteiger partial charge >= 0.3 is 6.18 Å². The van der Waals surface area contributed by atoms with Crippen LogP contribution in [0.3, 0.4) is 0 Å². The fraction of sp³-hybridized carbons (Fsp3) is 0.312. The number of aromatic nitrogens is 1. The number of hydrogen-bond donors (Lipinski definition) is 1. The SMILES string of the molecule is CC(NCCc1ccccn1)c1ccccc1C(F)(F)F. The lowest BCUT2D eigenvalue weighted by molar-refractivity contribution is -0.138. The van der Waals surface area contributed by atoms with Crippen molar-refractivity contribution >= 4 is 0 Å². The van der Waals surface area contributed by atoms with Crippen molar-refractivity contribution in [2.75, 3.05) is 6.54 Å². The fourth-order valence-corrected chi connectivity index (χ4v) is 2.21. The molecule has 1 aromatic heterocycles. The molecule has 2 rings (SSSR count). The highest BCUT2D eigenvalue weighted by atomic mass is 19.4. The zero-order valence-corrected chi connectivity index (χ0v) is 11.7. The maximum Gasteiger partial charge on any atom is 0.416 e. The third-order valence-electron chi connectivity index (χ3n) is 3.29. The van der Waals surface area contributed by atoms with E-state index < -0.39 is 11.7 Å². The molecule has 1 N–H and O–H groups in total. The van der Waals surface area contributed by atoms with Gasteiger partial charge in [-0.3, -0.25) is 4.98 Å². The molecule has 0 bridgehead atoms. The van der Waals surface area contributed by atoms with Gasteiger partial charge in [-0.25, -0.2) is 0 Å². The van der Waals surface area contributed by atoms with Gasteiger partial charge in [0.05, 0.1) is 5.56 Å². The second-order valence-electron chi connectivity index (χ2n) is 4.83. The fourth-order valence-electron chi connectivity index (χ4n) is 2.21. The van der Waals surface area contributed by atoms with E-state index in [-0.39, 0.29) is 11.6 Å². The van der Waals surface area contributed by atoms with Crippen LogP contribution in [0, 0.1) is 0 Å². The van der Waals surface area contributed by atoms with Crippen LogP contribution >= 0.6 is 0 Å². The minimum atomic E-state index is -4.33. The van der Waals surface area contributed by atoms with Crippen molar-refractivity contribution in [3.05, 3.63) is 65.5 Å². The van der Waals surface area contributed by atoms with Gasteiger partial charge in [0.2, 0.25) is 0 Å². The van der Waals surface area contributed by atoms with Crippen LogP contribution in [-0.2, 0) is 12.6 Å². The van der Waals surface area contributed by atoms with Gasteiger partial charge in [0.25, 0.3) is 0 Å². The molecule has 0 aliphatic rings. The predicted octanol–water partition coefficient (Wildman–Crippen LogP) is 3.99. The van der Waals surface area contributed by atoms with E-state index in [9.17, 15) is 13.2 Å². The van der Waals surface area contributed by atoms with Gasteiger partial charge in [-0.05, 0) is 30.7 Å². The topological polar surface area (TPSA) is 24.9 Å². The Kier molecular flexibility index (Phi) is 4.96. The highest BCUT2D eigenvalue weighted by Crippen LogP contribution is 2.34. The lowest BCUT2D eigenvalue weighted by Crippen LogP contribution is -2.24. The van der Waals surface area contributed by atoms with E-state index >= 15 is 0 Å². The van der Waals surface area contributed by atoms with E-state index in [0.717, 1.165) is 11.8 Å². The summed E-state index contributed by atoms with van der Waals surface area (Å²) >= 11 is 0. The van der Waals surface area contributed by atoms with E-state index in [0.29, 0.717) is 13.0 Å². The maximum absolute atomic E-state index is 13.0. The van der Waals surface area contributed by atoms with Crippen LogP contribution in [0.1, 0.15) is 29.8 Å². The molecule has 0 radical (unpaired) electrons. The predicted molar refractivity (Wildman–Crippen MR) is 75.8 cm³/mol. The van der Waals surface area contributed by atoms with Crippen LogP contribution < -0.4 is 5.32 Å². The third kappa shape index (κ3) is 4.29. The van der Waals surface area contributed by atoms with Crippen molar-refractivity contribution in [2.24, 2.45) is 0 Å². The Bertz CT molecular complexity index is 567. The van der Waals surface area contributed by atoms with Crippen molar-refractivity contribution in [2.45, 2.75) is 25.6 Å². The highest BCUT2D eigenvalue weighted by molar-refractivity contribution is 5.32. The van der Waals surface area contributed by atoms with Crippen molar-refractivity contribution in [1.29, 1.82) is 0 Å². The average molecular weight is 294 g/mol. The molecule has 2 aromatic rings. The Labute approximate surface area is 122 Å². The average Bonchev–Trinajstić information content (AvgIpc) is 2.47. The first kappa shape index (κ1) is 15.5. The molecule has 1 heterocycles. The minimum absolute atomic E-state index is 0.269. The molecule has 112 valence electrons. The van der Waals surface area contributed by atoms with Gasteiger partial charge < -0.3 is 5.32 Å². The van der Waals surface area contributed by atoms with Crippen molar-refractivity contribution in [1.82, 2.24) is 10.3 Å². The van der Waals surface area contributed by atoms with Crippen LogP contribution in [0.2, 0.25) is 0 Å². The Hall–Kier alpha value is -1.88. The van der Waals surface area contributed by atoms with Gasteiger partial charge in [0.15, 0.2) is 0 Å². The maximum atomic E-state index is 13.0. The van der Waals surface area contributed by atoms with Crippen LogP contribution in [0.4, 0.5) is 13.2 Å². The molecule has 0 spiro atoms. The molecule has 0 saturated heterocycles. The monoisotopic (exact) mass is 294 g/mol. The van der Waals surface area contributed by atoms with Crippen molar-refractivity contribution < 1.29 is 13.2 Å². The first-order valence-electron chi connectivity index (χ1n) is 6.78. The molecular formula is C16H17F3N2. The molecule has 0 aliphatic carbocycles. The normalized spacial score (nSPS) is 13.1. The molecule has 1 aromatic carbocycles. The molecule has 1 atom stereocenters. The largest absolute Gasteiger partial charge is 0.416 e. The summed E-state index contributed by atoms with van der Waals surface area (Å²) in [5.74, 6) is 0. The van der Waals surface area contributed by atoms with E-state index in [2.05, 4.69) is 10.3 Å². The first-order chi connectivity index (χ1) is 9.98. The van der Waals surface area contributed by atoms with Crippen LogP contribution in [0.25, 0.3) is 0 Å². The number of alkyl halides is 3. The number of nitrogens with zero attached hydrogens (tertiary/aromatic N) is 1.